The molecule has 0 atom stereocenters. The molecule has 0 saturated carbocycles. The summed E-state index contributed by atoms with van der Waals surface area (Å²) in [7, 11) is 2.07. The van der Waals surface area contributed by atoms with Crippen molar-refractivity contribution in [1.29, 1.82) is 0 Å². The van der Waals surface area contributed by atoms with Crippen LogP contribution in [0.25, 0.3) is 0 Å². The van der Waals surface area contributed by atoms with E-state index in [0.29, 0.717) is 0 Å². The van der Waals surface area contributed by atoms with Gasteiger partial charge in [-0.3, -0.25) is 4.90 Å². The molecule has 3 nitrogen and oxygen atoms in total. The maximum absolute atomic E-state index is 4.39. The van der Waals surface area contributed by atoms with Crippen LogP contribution in [0.15, 0.2) is 12.4 Å². The molecule has 0 bridgehead atoms. The molecule has 1 aromatic rings. The van der Waals surface area contributed by atoms with Gasteiger partial charge in [-0.1, -0.05) is 27.7 Å². The molecule has 0 aromatic carbocycles. The first-order valence-electron chi connectivity index (χ1n) is 7.35. The van der Waals surface area contributed by atoms with Gasteiger partial charge in [0.1, 0.15) is 5.82 Å². The second-order valence-corrected chi connectivity index (χ2v) is 5.31. The molecule has 1 aromatic heterocycles. The van der Waals surface area contributed by atoms with Gasteiger partial charge in [0, 0.05) is 19.4 Å². The fourth-order valence-electron chi connectivity index (χ4n) is 2.53. The van der Waals surface area contributed by atoms with Crippen molar-refractivity contribution in [2.45, 2.75) is 47.1 Å². The second-order valence-electron chi connectivity index (χ2n) is 5.31. The minimum absolute atomic E-state index is 0.843. The molecule has 1 saturated heterocycles. The fourth-order valence-corrected chi connectivity index (χ4v) is 2.53. The third-order valence-corrected chi connectivity index (χ3v) is 3.86. The molecule has 1 aliphatic rings. The van der Waals surface area contributed by atoms with Crippen LogP contribution in [0.1, 0.15) is 46.4 Å². The Morgan fingerprint density at radius 3 is 2.33 bits per heavy atom. The highest BCUT2D eigenvalue weighted by molar-refractivity contribution is 4.91. The smallest absolute Gasteiger partial charge is 0.122 e. The van der Waals surface area contributed by atoms with Gasteiger partial charge >= 0.3 is 0 Å². The van der Waals surface area contributed by atoms with E-state index in [0.717, 1.165) is 18.4 Å². The first-order chi connectivity index (χ1) is 8.66. The van der Waals surface area contributed by atoms with Crippen molar-refractivity contribution < 1.29 is 0 Å². The summed E-state index contributed by atoms with van der Waals surface area (Å²) in [6.07, 6.45) is 6.61. The van der Waals surface area contributed by atoms with Gasteiger partial charge in [-0.05, 0) is 37.8 Å². The summed E-state index contributed by atoms with van der Waals surface area (Å²) in [5, 5.41) is 0. The predicted molar refractivity (Wildman–Crippen MR) is 77.4 cm³/mol. The molecule has 0 radical (unpaired) electrons. The summed E-state index contributed by atoms with van der Waals surface area (Å²) in [6, 6.07) is 0. The largest absolute Gasteiger partial charge is 0.337 e. The molecule has 18 heavy (non-hydrogen) atoms. The van der Waals surface area contributed by atoms with E-state index in [2.05, 4.69) is 35.3 Å². The maximum atomic E-state index is 4.39. The summed E-state index contributed by atoms with van der Waals surface area (Å²) in [5.41, 5.74) is 0. The van der Waals surface area contributed by atoms with E-state index in [9.17, 15) is 0 Å². The lowest BCUT2D eigenvalue weighted by Crippen LogP contribution is -2.35. The van der Waals surface area contributed by atoms with Crippen LogP contribution >= 0.6 is 0 Å². The van der Waals surface area contributed by atoms with Gasteiger partial charge in [-0.2, -0.15) is 0 Å². The van der Waals surface area contributed by atoms with Gasteiger partial charge in [0.25, 0.3) is 0 Å². The van der Waals surface area contributed by atoms with Crippen molar-refractivity contribution in [3.63, 3.8) is 0 Å². The minimum Gasteiger partial charge on any atom is -0.337 e. The van der Waals surface area contributed by atoms with Crippen molar-refractivity contribution in [2.24, 2.45) is 18.9 Å². The Balaban J connectivity index is 0.000000771. The number of hydrogen-bond acceptors (Lipinski definition) is 2. The Labute approximate surface area is 112 Å². The van der Waals surface area contributed by atoms with Gasteiger partial charge in [-0.25, -0.2) is 4.98 Å². The van der Waals surface area contributed by atoms with Crippen LogP contribution in [0.2, 0.25) is 0 Å². The van der Waals surface area contributed by atoms with Gasteiger partial charge in [0.2, 0.25) is 0 Å². The van der Waals surface area contributed by atoms with E-state index in [-0.39, 0.29) is 0 Å². The SMILES string of the molecule is CC.CC(C)C1CCN(Cc2nccn2C)CC1. The van der Waals surface area contributed by atoms with Crippen molar-refractivity contribution in [1.82, 2.24) is 14.5 Å². The van der Waals surface area contributed by atoms with E-state index in [1.807, 2.05) is 26.2 Å². The first kappa shape index (κ1) is 15.2. The van der Waals surface area contributed by atoms with E-state index >= 15 is 0 Å². The molecule has 3 heteroatoms. The number of aryl methyl sites for hydroxylation is 1. The van der Waals surface area contributed by atoms with Crippen LogP contribution in [-0.2, 0) is 13.6 Å². The Kier molecular flexibility index (Phi) is 6.41. The van der Waals surface area contributed by atoms with Gasteiger partial charge in [0.05, 0.1) is 6.54 Å². The molecular weight excluding hydrogens is 222 g/mol. The third-order valence-electron chi connectivity index (χ3n) is 3.86. The number of nitrogens with zero attached hydrogens (tertiary/aromatic N) is 3. The third kappa shape index (κ3) is 4.13. The zero-order valence-electron chi connectivity index (χ0n) is 12.7. The first-order valence-corrected chi connectivity index (χ1v) is 7.35. The van der Waals surface area contributed by atoms with Crippen molar-refractivity contribution >= 4 is 0 Å². The molecule has 0 unspecified atom stereocenters. The lowest BCUT2D eigenvalue weighted by atomic mass is 9.87. The maximum Gasteiger partial charge on any atom is 0.122 e. The molecule has 104 valence electrons. The monoisotopic (exact) mass is 251 g/mol. The molecule has 2 rings (SSSR count). The van der Waals surface area contributed by atoms with Gasteiger partial charge < -0.3 is 4.57 Å². The second kappa shape index (κ2) is 7.57. The lowest BCUT2D eigenvalue weighted by molar-refractivity contribution is 0.148. The summed E-state index contributed by atoms with van der Waals surface area (Å²) in [5.74, 6) is 2.95. The van der Waals surface area contributed by atoms with E-state index < -0.39 is 0 Å². The highest BCUT2D eigenvalue weighted by atomic mass is 15.2. The van der Waals surface area contributed by atoms with Crippen molar-refractivity contribution in [3.8, 4) is 0 Å². The van der Waals surface area contributed by atoms with E-state index in [1.165, 1.54) is 31.8 Å². The molecule has 0 spiro atoms. The average Bonchev–Trinajstić information content (AvgIpc) is 2.78. The Morgan fingerprint density at radius 1 is 1.28 bits per heavy atom. The van der Waals surface area contributed by atoms with Crippen LogP contribution in [0.3, 0.4) is 0 Å². The van der Waals surface area contributed by atoms with E-state index in [1.54, 1.807) is 0 Å². The number of likely N-dealkylation sites (tertiary alicyclic amines) is 1. The van der Waals surface area contributed by atoms with Gasteiger partial charge in [0.15, 0.2) is 0 Å². The number of piperidine rings is 1. The number of hydrogen-bond donors (Lipinski definition) is 0. The number of imidazole rings is 1. The molecule has 0 aliphatic carbocycles. The van der Waals surface area contributed by atoms with Crippen LogP contribution < -0.4 is 0 Å². The summed E-state index contributed by atoms with van der Waals surface area (Å²) < 4.78 is 2.12. The average molecular weight is 251 g/mol. The van der Waals surface area contributed by atoms with Crippen LogP contribution in [-0.4, -0.2) is 27.5 Å². The van der Waals surface area contributed by atoms with Crippen LogP contribution in [0, 0.1) is 11.8 Å². The lowest BCUT2D eigenvalue weighted by Gasteiger charge is -2.33. The predicted octanol–water partition coefficient (Wildman–Crippen LogP) is 3.31. The number of rotatable bonds is 3. The molecule has 1 fully saturated rings. The normalized spacial score (nSPS) is 17.7. The highest BCUT2D eigenvalue weighted by Crippen LogP contribution is 2.24. The Morgan fingerprint density at radius 2 is 1.89 bits per heavy atom. The highest BCUT2D eigenvalue weighted by Gasteiger charge is 2.21. The standard InChI is InChI=1S/C13H23N3.C2H6/c1-11(2)12-4-7-16(8-5-12)10-13-14-6-9-15(13)3;1-2/h6,9,11-12H,4-5,7-8,10H2,1-3H3;1-2H3. The van der Waals surface area contributed by atoms with Crippen molar-refractivity contribution in [3.05, 3.63) is 18.2 Å². The topological polar surface area (TPSA) is 21.1 Å². The summed E-state index contributed by atoms with van der Waals surface area (Å²) in [6.45, 7) is 12.2. The van der Waals surface area contributed by atoms with E-state index in [4.69, 9.17) is 0 Å². The quantitative estimate of drug-likeness (QED) is 0.822. The molecule has 1 aliphatic heterocycles. The summed E-state index contributed by atoms with van der Waals surface area (Å²) >= 11 is 0. The molecular formula is C15H29N3. The molecule has 0 N–H and O–H groups in total. The van der Waals surface area contributed by atoms with Crippen molar-refractivity contribution in [2.75, 3.05) is 13.1 Å². The zero-order chi connectivity index (χ0) is 13.5. The molecule has 0 amide bonds. The minimum atomic E-state index is 0.843. The number of aromatic nitrogens is 2. The zero-order valence-corrected chi connectivity index (χ0v) is 12.7. The van der Waals surface area contributed by atoms with Crippen LogP contribution in [0.5, 0.6) is 0 Å². The van der Waals surface area contributed by atoms with Gasteiger partial charge in [-0.15, -0.1) is 0 Å². The Bertz CT molecular complexity index is 322. The fraction of sp³-hybridized carbons (Fsp3) is 0.800. The summed E-state index contributed by atoms with van der Waals surface area (Å²) in [4.78, 5) is 6.91. The van der Waals surface area contributed by atoms with Crippen LogP contribution in [0.4, 0.5) is 0 Å². The Hall–Kier alpha value is -0.830. The molecule has 2 heterocycles.